The van der Waals surface area contributed by atoms with Crippen molar-refractivity contribution >= 4 is 12.8 Å². The van der Waals surface area contributed by atoms with Crippen LogP contribution in [0.1, 0.15) is 43.1 Å². The van der Waals surface area contributed by atoms with E-state index in [-0.39, 0.29) is 18.1 Å². The van der Waals surface area contributed by atoms with Crippen molar-refractivity contribution < 1.29 is 31.5 Å². The Labute approximate surface area is 165 Å². The number of halogens is 5. The Morgan fingerprint density at radius 1 is 1.21 bits per heavy atom. The van der Waals surface area contributed by atoms with Gasteiger partial charge in [0.1, 0.15) is 0 Å². The molecule has 0 saturated heterocycles. The van der Waals surface area contributed by atoms with Gasteiger partial charge in [-0.3, -0.25) is 0 Å². The molecule has 0 radical (unpaired) electrons. The van der Waals surface area contributed by atoms with Gasteiger partial charge in [-0.1, -0.05) is 0 Å². The number of alkyl halides is 3. The van der Waals surface area contributed by atoms with Crippen LogP contribution >= 0.6 is 0 Å². The molecule has 1 unspecified atom stereocenters. The molecule has 1 atom stereocenters. The molecule has 1 aromatic heterocycles. The van der Waals surface area contributed by atoms with Gasteiger partial charge in [-0.25, -0.2) is 0 Å². The van der Waals surface area contributed by atoms with E-state index >= 15 is 0 Å². The monoisotopic (exact) mass is 411 g/mol. The topological polar surface area (TPSA) is 38.3 Å². The SMILES string of the molecule is CC(CC(=O)NC1(c2bccc(OCC(F)(F)F)c2)CC1)c1cc(F)cc(F)c1. The van der Waals surface area contributed by atoms with E-state index in [1.807, 2.05) is 0 Å². The summed E-state index contributed by atoms with van der Waals surface area (Å²) < 4.78 is 68.6. The third-order valence-electron chi connectivity index (χ3n) is 4.86. The number of rotatable bonds is 7. The minimum atomic E-state index is -4.44. The van der Waals surface area contributed by atoms with Gasteiger partial charge in [0.25, 0.3) is 0 Å². The minimum absolute atomic E-state index is 0.0227. The second-order valence-electron chi connectivity index (χ2n) is 7.37. The van der Waals surface area contributed by atoms with E-state index < -0.39 is 35.9 Å². The zero-order chi connectivity index (χ0) is 21.2. The van der Waals surface area contributed by atoms with Gasteiger partial charge in [-0.2, -0.15) is 0 Å². The predicted octanol–water partition coefficient (Wildman–Crippen LogP) is 4.54. The molecule has 1 aliphatic rings. The van der Waals surface area contributed by atoms with Gasteiger partial charge in [0, 0.05) is 0 Å². The molecule has 0 spiro atoms. The quantitative estimate of drug-likeness (QED) is 0.680. The Balaban J connectivity index is 1.64. The fourth-order valence-corrected chi connectivity index (χ4v) is 3.23. The molecule has 1 saturated carbocycles. The Morgan fingerprint density at radius 2 is 1.86 bits per heavy atom. The Hall–Kier alpha value is -2.45. The molecule has 1 aliphatic carbocycles. The van der Waals surface area contributed by atoms with Crippen LogP contribution in [0.2, 0.25) is 0 Å². The molecule has 0 aliphatic heterocycles. The van der Waals surface area contributed by atoms with Crippen LogP contribution in [0.3, 0.4) is 0 Å². The fourth-order valence-electron chi connectivity index (χ4n) is 3.23. The van der Waals surface area contributed by atoms with Gasteiger partial charge in [0.05, 0.1) is 0 Å². The summed E-state index contributed by atoms with van der Waals surface area (Å²) in [7, 11) is 0. The van der Waals surface area contributed by atoms with Crippen LogP contribution < -0.4 is 10.1 Å². The summed E-state index contributed by atoms with van der Waals surface area (Å²) in [5, 5.41) is 2.91. The van der Waals surface area contributed by atoms with Crippen LogP contribution in [0.15, 0.2) is 36.3 Å². The number of hydrogen-bond acceptors (Lipinski definition) is 2. The Kier molecular flexibility index (Phi) is 5.96. The average molecular weight is 411 g/mol. The summed E-state index contributed by atoms with van der Waals surface area (Å²) in [6.45, 7) is 2.02. The summed E-state index contributed by atoms with van der Waals surface area (Å²) in [6, 6.07) is 6.06. The van der Waals surface area contributed by atoms with E-state index in [1.165, 1.54) is 24.3 Å². The van der Waals surface area contributed by atoms with Gasteiger partial charge in [-0.05, 0) is 0 Å². The molecule has 3 nitrogen and oxygen atoms in total. The maximum atomic E-state index is 13.4. The fraction of sp³-hybridized carbons (Fsp3) is 0.400. The number of benzene rings is 1. The molecule has 154 valence electrons. The molecule has 1 N–H and O–H groups in total. The van der Waals surface area contributed by atoms with Crippen LogP contribution in [0.25, 0.3) is 0 Å². The van der Waals surface area contributed by atoms with Crippen LogP contribution in [-0.4, -0.2) is 25.6 Å². The second-order valence-corrected chi connectivity index (χ2v) is 7.37. The molecule has 1 amide bonds. The van der Waals surface area contributed by atoms with Crippen molar-refractivity contribution in [3.8, 4) is 5.75 Å². The van der Waals surface area contributed by atoms with Crippen molar-refractivity contribution in [2.75, 3.05) is 6.61 Å². The third-order valence-corrected chi connectivity index (χ3v) is 4.86. The van der Waals surface area contributed by atoms with E-state index in [2.05, 4.69) is 5.32 Å². The van der Waals surface area contributed by atoms with E-state index in [4.69, 9.17) is 4.74 Å². The summed E-state index contributed by atoms with van der Waals surface area (Å²) in [5.74, 6) is -0.475. The van der Waals surface area contributed by atoms with Crippen molar-refractivity contribution in [3.05, 3.63) is 58.9 Å². The first-order chi connectivity index (χ1) is 13.6. The molecule has 1 aromatic carbocycles. The number of hydrogen-bond donors (Lipinski definition) is 1. The molecule has 1 fully saturated rings. The number of carbonyl (C=O) groups excluding carboxylic acids is 1. The Bertz CT molecular complexity index is 878. The summed E-state index contributed by atoms with van der Waals surface area (Å²) >= 11 is 0. The summed E-state index contributed by atoms with van der Waals surface area (Å²) in [5.41, 5.74) is 0.390. The number of carbonyl (C=O) groups is 1. The zero-order valence-corrected chi connectivity index (χ0v) is 15.7. The van der Waals surface area contributed by atoms with Crippen molar-refractivity contribution in [3.63, 3.8) is 0 Å². The van der Waals surface area contributed by atoms with Crippen LogP contribution in [0.4, 0.5) is 22.0 Å². The molecule has 1 heterocycles. The van der Waals surface area contributed by atoms with Gasteiger partial charge in [0.2, 0.25) is 0 Å². The van der Waals surface area contributed by atoms with Crippen LogP contribution in [0, 0.1) is 11.6 Å². The van der Waals surface area contributed by atoms with Crippen molar-refractivity contribution in [2.24, 2.45) is 0 Å². The summed E-state index contributed by atoms with van der Waals surface area (Å²) in [6.07, 6.45) is -3.13. The summed E-state index contributed by atoms with van der Waals surface area (Å²) in [4.78, 5) is 12.5. The predicted molar refractivity (Wildman–Crippen MR) is 97.8 cm³/mol. The van der Waals surface area contributed by atoms with E-state index in [9.17, 15) is 26.7 Å². The van der Waals surface area contributed by atoms with E-state index in [0.717, 1.165) is 6.07 Å². The first kappa shape index (κ1) is 21.3. The molecular formula is C20H19BF5NO2. The third kappa shape index (κ3) is 5.77. The normalized spacial score (nSPS) is 16.1. The molecule has 0 bridgehead atoms. The molecule has 3 rings (SSSR count). The van der Waals surface area contributed by atoms with E-state index in [1.54, 1.807) is 19.8 Å². The van der Waals surface area contributed by atoms with Gasteiger partial charge in [-0.15, -0.1) is 0 Å². The molecule has 29 heavy (non-hydrogen) atoms. The van der Waals surface area contributed by atoms with Gasteiger partial charge in [0.15, 0.2) is 0 Å². The Morgan fingerprint density at radius 3 is 2.45 bits per heavy atom. The van der Waals surface area contributed by atoms with Gasteiger partial charge >= 0.3 is 165 Å². The number of nitrogens with one attached hydrogen (secondary N) is 1. The molecule has 2 aromatic rings. The average Bonchev–Trinajstić information content (AvgIpc) is 3.39. The maximum absolute atomic E-state index is 13.4. The zero-order valence-electron chi connectivity index (χ0n) is 15.7. The standard InChI is InChI=1S/C20H19BF5NO2/c1-12(13-7-14(22)9-15(23)8-13)6-18(28)27-19(3-4-19)17-10-16(2-5-21-17)29-11-20(24,25)26/h2,5,7-10,12H,3-4,6,11H2,1H3,(H,27,28). The number of ether oxygens (including phenoxy) is 1. The van der Waals surface area contributed by atoms with Crippen molar-refractivity contribution in [2.45, 2.75) is 43.8 Å². The molecule has 9 heteroatoms. The van der Waals surface area contributed by atoms with E-state index in [0.29, 0.717) is 23.9 Å². The van der Waals surface area contributed by atoms with Crippen LogP contribution in [-0.2, 0) is 10.3 Å². The second kappa shape index (κ2) is 8.12. The van der Waals surface area contributed by atoms with Gasteiger partial charge < -0.3 is 0 Å². The van der Waals surface area contributed by atoms with Crippen molar-refractivity contribution in [1.82, 2.24) is 5.32 Å². The van der Waals surface area contributed by atoms with Crippen LogP contribution in [0.5, 0.6) is 5.75 Å². The molecular weight excluding hydrogens is 392 g/mol. The first-order valence-corrected chi connectivity index (χ1v) is 9.13. The first-order valence-electron chi connectivity index (χ1n) is 9.13. The number of amides is 1. The van der Waals surface area contributed by atoms with Crippen molar-refractivity contribution in [1.29, 1.82) is 0 Å².